The second-order valence-electron chi connectivity index (χ2n) is 5.82. The zero-order chi connectivity index (χ0) is 25.4. The molecule has 0 amide bonds. The van der Waals surface area contributed by atoms with Crippen LogP contribution in [0.5, 0.6) is 5.75 Å². The number of ether oxygens (including phenoxy) is 2. The number of benzene rings is 1. The fourth-order valence-electron chi connectivity index (χ4n) is 1.80. The maximum atomic E-state index is 10.6. The van der Waals surface area contributed by atoms with Crippen molar-refractivity contribution in [3.63, 3.8) is 0 Å². The van der Waals surface area contributed by atoms with Crippen molar-refractivity contribution in [1.29, 1.82) is 0 Å². The SMILES string of the molecule is CC[N+](CCOC)(CCOC)Oc1ccccc1.O=C(O)C(F)(F)F.O=C(O)C(F)(F)F. The number of carboxylic acid groups (broad SMARTS) is 2. The Bertz CT molecular complexity index is 621. The third-order valence-corrected chi connectivity index (χ3v) is 3.51. The molecule has 0 fully saturated rings. The molecule has 0 saturated carbocycles. The standard InChI is InChI=1S/C14H24NO3.2C2HF3O2/c1-4-15(10-12-16-2,11-13-17-3)18-14-8-6-5-7-9-14;2*3-2(4,5)1(6)7/h5-9H,4,10-13H2,1-3H3;2*(H,6,7)/q+1;;. The molecular formula is C18H26F6NO7+. The molecule has 32 heavy (non-hydrogen) atoms. The summed E-state index contributed by atoms with van der Waals surface area (Å²) in [5.41, 5.74) is 0. The highest BCUT2D eigenvalue weighted by Crippen LogP contribution is 2.17. The van der Waals surface area contributed by atoms with Gasteiger partial charge in [-0.1, -0.05) is 18.2 Å². The zero-order valence-corrected chi connectivity index (χ0v) is 17.6. The van der Waals surface area contributed by atoms with E-state index in [0.29, 0.717) is 17.9 Å². The lowest BCUT2D eigenvalue weighted by Crippen LogP contribution is -2.54. The first-order valence-electron chi connectivity index (χ1n) is 8.84. The number of carbonyl (C=O) groups is 2. The Morgan fingerprint density at radius 2 is 1.19 bits per heavy atom. The van der Waals surface area contributed by atoms with Crippen LogP contribution in [-0.2, 0) is 19.1 Å². The average Bonchev–Trinajstić information content (AvgIpc) is 2.70. The van der Waals surface area contributed by atoms with Gasteiger partial charge in [0.2, 0.25) is 0 Å². The molecule has 0 atom stereocenters. The number of likely N-dealkylation sites (N-methyl/N-ethyl adjacent to an activating group) is 1. The molecule has 0 radical (unpaired) electrons. The number of para-hydroxylation sites is 1. The third kappa shape index (κ3) is 15.3. The zero-order valence-electron chi connectivity index (χ0n) is 17.6. The van der Waals surface area contributed by atoms with Crippen molar-refractivity contribution in [3.8, 4) is 5.75 Å². The van der Waals surface area contributed by atoms with Crippen molar-refractivity contribution in [3.05, 3.63) is 30.3 Å². The molecule has 8 nitrogen and oxygen atoms in total. The van der Waals surface area contributed by atoms with E-state index in [4.69, 9.17) is 34.1 Å². The first kappa shape index (κ1) is 31.6. The van der Waals surface area contributed by atoms with Crippen molar-refractivity contribution < 1.29 is 65.1 Å². The van der Waals surface area contributed by atoms with Crippen LogP contribution >= 0.6 is 0 Å². The van der Waals surface area contributed by atoms with Gasteiger partial charge in [0.05, 0.1) is 13.2 Å². The van der Waals surface area contributed by atoms with E-state index in [0.717, 1.165) is 25.4 Å². The summed E-state index contributed by atoms with van der Waals surface area (Å²) in [7, 11) is 3.42. The van der Waals surface area contributed by atoms with Crippen molar-refractivity contribution in [2.75, 3.05) is 47.1 Å². The van der Waals surface area contributed by atoms with Gasteiger partial charge < -0.3 is 24.5 Å². The van der Waals surface area contributed by atoms with E-state index in [9.17, 15) is 26.3 Å². The van der Waals surface area contributed by atoms with Gasteiger partial charge in [-0.15, -0.1) is 4.65 Å². The van der Waals surface area contributed by atoms with Gasteiger partial charge in [0.25, 0.3) is 0 Å². The van der Waals surface area contributed by atoms with Gasteiger partial charge in [0.1, 0.15) is 19.6 Å². The predicted molar refractivity (Wildman–Crippen MR) is 98.7 cm³/mol. The van der Waals surface area contributed by atoms with E-state index in [-0.39, 0.29) is 0 Å². The Hall–Kier alpha value is -2.58. The Balaban J connectivity index is 0. The van der Waals surface area contributed by atoms with Crippen LogP contribution in [0.3, 0.4) is 0 Å². The third-order valence-electron chi connectivity index (χ3n) is 3.51. The quantitative estimate of drug-likeness (QED) is 0.316. The molecule has 14 heteroatoms. The van der Waals surface area contributed by atoms with Crippen LogP contribution in [-0.4, -0.2) is 86.2 Å². The maximum Gasteiger partial charge on any atom is 0.490 e. The average molecular weight is 482 g/mol. The number of quaternary nitrogens is 1. The lowest BCUT2D eigenvalue weighted by molar-refractivity contribution is -1.08. The summed E-state index contributed by atoms with van der Waals surface area (Å²) < 4.78 is 74.4. The summed E-state index contributed by atoms with van der Waals surface area (Å²) in [5.74, 6) is -4.63. The summed E-state index contributed by atoms with van der Waals surface area (Å²) in [6, 6.07) is 9.89. The highest BCUT2D eigenvalue weighted by molar-refractivity contribution is 5.73. The topological polar surface area (TPSA) is 102 Å². The monoisotopic (exact) mass is 482 g/mol. The van der Waals surface area contributed by atoms with Crippen molar-refractivity contribution in [2.24, 2.45) is 0 Å². The molecule has 0 saturated heterocycles. The molecule has 0 aliphatic rings. The van der Waals surface area contributed by atoms with Gasteiger partial charge in [-0.3, -0.25) is 0 Å². The second kappa shape index (κ2) is 15.3. The molecular weight excluding hydrogens is 456 g/mol. The molecule has 0 spiro atoms. The highest BCUT2D eigenvalue weighted by Gasteiger charge is 2.38. The van der Waals surface area contributed by atoms with Crippen LogP contribution in [0, 0.1) is 0 Å². The van der Waals surface area contributed by atoms with Crippen LogP contribution in [0.2, 0.25) is 0 Å². The van der Waals surface area contributed by atoms with Crippen molar-refractivity contribution in [1.82, 2.24) is 0 Å². The number of hydrogen-bond donors (Lipinski definition) is 2. The Kier molecular flexibility index (Phi) is 15.1. The van der Waals surface area contributed by atoms with Crippen LogP contribution in [0.4, 0.5) is 26.3 Å². The van der Waals surface area contributed by atoms with Gasteiger partial charge in [-0.05, 0) is 19.1 Å². The van der Waals surface area contributed by atoms with E-state index in [1.165, 1.54) is 0 Å². The molecule has 1 aromatic rings. The second-order valence-corrected chi connectivity index (χ2v) is 5.82. The summed E-state index contributed by atoms with van der Waals surface area (Å²) in [4.78, 5) is 23.9. The van der Waals surface area contributed by atoms with Gasteiger partial charge in [0.15, 0.2) is 5.75 Å². The number of hydroxylamine groups is 3. The van der Waals surface area contributed by atoms with Crippen LogP contribution in [0.1, 0.15) is 6.92 Å². The Labute approximate surface area is 180 Å². The fourth-order valence-corrected chi connectivity index (χ4v) is 1.80. The summed E-state index contributed by atoms with van der Waals surface area (Å²) in [6.07, 6.45) is -10.2. The number of rotatable bonds is 9. The van der Waals surface area contributed by atoms with Crippen molar-refractivity contribution >= 4 is 11.9 Å². The van der Waals surface area contributed by atoms with Gasteiger partial charge >= 0.3 is 24.3 Å². The van der Waals surface area contributed by atoms with Crippen LogP contribution in [0.25, 0.3) is 0 Å². The Morgan fingerprint density at radius 1 is 0.844 bits per heavy atom. The molecule has 0 unspecified atom stereocenters. The minimum Gasteiger partial charge on any atom is -0.475 e. The highest BCUT2D eigenvalue weighted by atomic mass is 19.4. The number of aliphatic carboxylic acids is 2. The van der Waals surface area contributed by atoms with E-state index >= 15 is 0 Å². The largest absolute Gasteiger partial charge is 0.490 e. The predicted octanol–water partition coefficient (Wildman–Crippen LogP) is 3.38. The van der Waals surface area contributed by atoms with Gasteiger partial charge in [0, 0.05) is 14.2 Å². The van der Waals surface area contributed by atoms with Crippen LogP contribution < -0.4 is 4.84 Å². The van der Waals surface area contributed by atoms with E-state index in [1.54, 1.807) is 14.2 Å². The number of methoxy groups -OCH3 is 2. The molecule has 1 aromatic carbocycles. The molecule has 0 bridgehead atoms. The molecule has 186 valence electrons. The minimum atomic E-state index is -5.08. The van der Waals surface area contributed by atoms with Gasteiger partial charge in [-0.2, -0.15) is 26.3 Å². The molecule has 0 aromatic heterocycles. The molecule has 0 heterocycles. The number of nitrogens with zero attached hydrogens (tertiary/aromatic N) is 1. The van der Waals surface area contributed by atoms with Crippen LogP contribution in [0.15, 0.2) is 30.3 Å². The lowest BCUT2D eigenvalue weighted by Gasteiger charge is -2.34. The number of halogens is 6. The summed E-state index contributed by atoms with van der Waals surface area (Å²) >= 11 is 0. The van der Waals surface area contributed by atoms with E-state index < -0.39 is 24.3 Å². The first-order chi connectivity index (χ1) is 14.6. The number of hydrogen-bond acceptors (Lipinski definition) is 5. The smallest absolute Gasteiger partial charge is 0.475 e. The molecule has 0 aliphatic heterocycles. The number of carboxylic acids is 2. The molecule has 0 aliphatic carbocycles. The summed E-state index contributed by atoms with van der Waals surface area (Å²) in [5, 5.41) is 14.2. The number of alkyl halides is 6. The summed E-state index contributed by atoms with van der Waals surface area (Å²) in [6.45, 7) is 5.96. The maximum absolute atomic E-state index is 10.6. The van der Waals surface area contributed by atoms with Gasteiger partial charge in [-0.25, -0.2) is 9.59 Å². The molecule has 2 N–H and O–H groups in total. The lowest BCUT2D eigenvalue weighted by atomic mass is 10.3. The Morgan fingerprint density at radius 3 is 1.44 bits per heavy atom. The first-order valence-corrected chi connectivity index (χ1v) is 8.84. The minimum absolute atomic E-state index is 0.520. The normalized spacial score (nSPS) is 11.4. The van der Waals surface area contributed by atoms with E-state index in [1.807, 2.05) is 30.3 Å². The van der Waals surface area contributed by atoms with Crippen molar-refractivity contribution in [2.45, 2.75) is 19.3 Å². The van der Waals surface area contributed by atoms with E-state index in [2.05, 4.69) is 6.92 Å². The fraction of sp³-hybridized carbons (Fsp3) is 0.556. The molecule has 1 rings (SSSR count).